The first-order valence-corrected chi connectivity index (χ1v) is 8.77. The molecule has 2 atom stereocenters. The largest absolute Gasteiger partial charge is 0.399 e. The number of ether oxygens (including phenoxy) is 2. The lowest BCUT2D eigenvalue weighted by atomic mass is 10.1. The Morgan fingerprint density at radius 3 is 2.24 bits per heavy atom. The molecule has 4 nitrogen and oxygen atoms in total. The van der Waals surface area contributed by atoms with E-state index in [0.29, 0.717) is 24.6 Å². The molecule has 4 heteroatoms. The fraction of sp³-hybridized carbons (Fsp3) is 0.429. The smallest absolute Gasteiger partial charge is 0.0722 e. The fourth-order valence-electron chi connectivity index (χ4n) is 2.34. The minimum absolute atomic E-state index is 0.145. The molecule has 0 radical (unpaired) electrons. The Balaban J connectivity index is 2.30. The van der Waals surface area contributed by atoms with Gasteiger partial charge in [0.05, 0.1) is 25.4 Å². The van der Waals surface area contributed by atoms with Crippen LogP contribution < -0.4 is 11.5 Å². The molecule has 0 heterocycles. The summed E-state index contributed by atoms with van der Waals surface area (Å²) >= 11 is 0. The van der Waals surface area contributed by atoms with E-state index in [1.54, 1.807) is 6.07 Å². The van der Waals surface area contributed by atoms with Gasteiger partial charge in [0.1, 0.15) is 0 Å². The van der Waals surface area contributed by atoms with Crippen molar-refractivity contribution in [3.05, 3.63) is 60.2 Å². The summed E-state index contributed by atoms with van der Waals surface area (Å²) < 4.78 is 11.8. The molecule has 0 spiro atoms. The van der Waals surface area contributed by atoms with Gasteiger partial charge in [0.2, 0.25) is 0 Å². The zero-order valence-electron chi connectivity index (χ0n) is 15.7. The van der Waals surface area contributed by atoms with Gasteiger partial charge in [-0.15, -0.1) is 0 Å². The molecule has 2 unspecified atom stereocenters. The third-order valence-corrected chi connectivity index (χ3v) is 3.85. The maximum Gasteiger partial charge on any atom is 0.0722 e. The van der Waals surface area contributed by atoms with Gasteiger partial charge in [-0.2, -0.15) is 0 Å². The van der Waals surface area contributed by atoms with E-state index in [0.717, 1.165) is 24.0 Å². The highest BCUT2D eigenvalue weighted by Crippen LogP contribution is 2.16. The first kappa shape index (κ1) is 21.0. The summed E-state index contributed by atoms with van der Waals surface area (Å²) in [6.07, 6.45) is 10.0. The number of benzene rings is 1. The van der Waals surface area contributed by atoms with Gasteiger partial charge in [-0.25, -0.2) is 0 Å². The number of rotatable bonds is 11. The van der Waals surface area contributed by atoms with E-state index in [-0.39, 0.29) is 12.2 Å². The molecule has 1 aromatic carbocycles. The Morgan fingerprint density at radius 2 is 1.68 bits per heavy atom. The molecule has 0 aliphatic carbocycles. The van der Waals surface area contributed by atoms with Crippen LogP contribution in [-0.4, -0.2) is 18.8 Å². The van der Waals surface area contributed by atoms with E-state index in [2.05, 4.69) is 20.4 Å². The second-order valence-corrected chi connectivity index (χ2v) is 6.30. The van der Waals surface area contributed by atoms with Gasteiger partial charge in [0.15, 0.2) is 0 Å². The minimum atomic E-state index is 0.145. The molecular formula is C21H32N2O2. The monoisotopic (exact) mass is 344 g/mol. The van der Waals surface area contributed by atoms with Crippen LogP contribution in [0.2, 0.25) is 0 Å². The first-order chi connectivity index (χ1) is 11.9. The standard InChI is InChI=1S/C21H32N2O2/c1-5-7-8-18(6-2)14-24-16(3)9-10-17(4)25-15-19-11-20(22)13-21(23)12-19/h5-8,11-13,16-17H,2,9-10,14-15,22-23H2,1,3-4H3/b7-5-,18-8+. The van der Waals surface area contributed by atoms with Crippen molar-refractivity contribution in [2.24, 2.45) is 0 Å². The highest BCUT2D eigenvalue weighted by molar-refractivity contribution is 5.54. The summed E-state index contributed by atoms with van der Waals surface area (Å²) in [5.41, 5.74) is 15.0. The molecule has 0 aromatic heterocycles. The maximum absolute atomic E-state index is 5.88. The molecule has 0 aliphatic heterocycles. The molecule has 0 fully saturated rings. The number of allylic oxidation sites excluding steroid dienone is 3. The minimum Gasteiger partial charge on any atom is -0.399 e. The average Bonchev–Trinajstić information content (AvgIpc) is 2.57. The molecule has 25 heavy (non-hydrogen) atoms. The second-order valence-electron chi connectivity index (χ2n) is 6.30. The van der Waals surface area contributed by atoms with E-state index < -0.39 is 0 Å². The normalized spacial score (nSPS) is 14.6. The van der Waals surface area contributed by atoms with Crippen molar-refractivity contribution < 1.29 is 9.47 Å². The van der Waals surface area contributed by atoms with Crippen molar-refractivity contribution in [2.45, 2.75) is 52.4 Å². The van der Waals surface area contributed by atoms with Gasteiger partial charge in [-0.05, 0) is 62.9 Å². The highest BCUT2D eigenvalue weighted by atomic mass is 16.5. The molecule has 1 rings (SSSR count). The van der Waals surface area contributed by atoms with E-state index >= 15 is 0 Å². The van der Waals surface area contributed by atoms with Crippen molar-refractivity contribution in [3.63, 3.8) is 0 Å². The van der Waals surface area contributed by atoms with Crippen LogP contribution in [0.4, 0.5) is 11.4 Å². The number of nitrogens with two attached hydrogens (primary N) is 2. The average molecular weight is 344 g/mol. The zero-order valence-corrected chi connectivity index (χ0v) is 15.7. The third kappa shape index (κ3) is 9.13. The van der Waals surface area contributed by atoms with Crippen LogP contribution in [0.3, 0.4) is 0 Å². The number of hydrogen-bond donors (Lipinski definition) is 2. The van der Waals surface area contributed by atoms with Crippen LogP contribution in [0, 0.1) is 0 Å². The van der Waals surface area contributed by atoms with Crippen LogP contribution in [0.15, 0.2) is 54.7 Å². The Hall–Kier alpha value is -2.04. The summed E-state index contributed by atoms with van der Waals surface area (Å²) in [6.45, 7) is 11.0. The molecule has 4 N–H and O–H groups in total. The Kier molecular flexibility index (Phi) is 9.66. The Bertz CT molecular complexity index is 573. The molecule has 0 bridgehead atoms. The summed E-state index contributed by atoms with van der Waals surface area (Å²) in [4.78, 5) is 0. The van der Waals surface area contributed by atoms with Gasteiger partial charge in [0, 0.05) is 11.4 Å². The summed E-state index contributed by atoms with van der Waals surface area (Å²) in [5, 5.41) is 0. The van der Waals surface area contributed by atoms with E-state index in [1.807, 2.05) is 43.4 Å². The van der Waals surface area contributed by atoms with Crippen molar-refractivity contribution in [1.29, 1.82) is 0 Å². The summed E-state index contributed by atoms with van der Waals surface area (Å²) in [6, 6.07) is 5.53. The SMILES string of the molecule is C=C/C(=C\C=C/C)COC(C)CCC(C)OCc1cc(N)cc(N)c1. The molecule has 0 amide bonds. The van der Waals surface area contributed by atoms with Gasteiger partial charge in [-0.1, -0.05) is 30.9 Å². The summed E-state index contributed by atoms with van der Waals surface area (Å²) in [7, 11) is 0. The van der Waals surface area contributed by atoms with Crippen LogP contribution in [0.5, 0.6) is 0 Å². The number of anilines is 2. The first-order valence-electron chi connectivity index (χ1n) is 8.77. The van der Waals surface area contributed by atoms with Gasteiger partial charge < -0.3 is 20.9 Å². The predicted octanol–water partition coefficient (Wildman–Crippen LogP) is 4.63. The van der Waals surface area contributed by atoms with Crippen molar-refractivity contribution >= 4 is 11.4 Å². The quantitative estimate of drug-likeness (QED) is 0.453. The van der Waals surface area contributed by atoms with Gasteiger partial charge >= 0.3 is 0 Å². The molecule has 0 aliphatic rings. The molecule has 0 saturated heterocycles. The van der Waals surface area contributed by atoms with Crippen LogP contribution in [0.25, 0.3) is 0 Å². The zero-order chi connectivity index (χ0) is 18.7. The lowest BCUT2D eigenvalue weighted by molar-refractivity contribution is 0.0242. The fourth-order valence-corrected chi connectivity index (χ4v) is 2.34. The van der Waals surface area contributed by atoms with Gasteiger partial charge in [-0.3, -0.25) is 0 Å². The Morgan fingerprint density at radius 1 is 1.08 bits per heavy atom. The maximum atomic E-state index is 5.88. The number of hydrogen-bond acceptors (Lipinski definition) is 4. The van der Waals surface area contributed by atoms with Crippen LogP contribution in [-0.2, 0) is 16.1 Å². The summed E-state index contributed by atoms with van der Waals surface area (Å²) in [5.74, 6) is 0. The lowest BCUT2D eigenvalue weighted by Gasteiger charge is -2.17. The van der Waals surface area contributed by atoms with Crippen molar-refractivity contribution in [3.8, 4) is 0 Å². The molecule has 138 valence electrons. The van der Waals surface area contributed by atoms with Gasteiger partial charge in [0.25, 0.3) is 0 Å². The highest BCUT2D eigenvalue weighted by Gasteiger charge is 2.08. The Labute approximate surface area is 152 Å². The topological polar surface area (TPSA) is 70.5 Å². The van der Waals surface area contributed by atoms with E-state index in [1.165, 1.54) is 0 Å². The lowest BCUT2D eigenvalue weighted by Crippen LogP contribution is -2.15. The number of nitrogen functional groups attached to an aromatic ring is 2. The second kappa shape index (κ2) is 11.5. The molecular weight excluding hydrogens is 312 g/mol. The third-order valence-electron chi connectivity index (χ3n) is 3.85. The van der Waals surface area contributed by atoms with Crippen LogP contribution >= 0.6 is 0 Å². The van der Waals surface area contributed by atoms with Crippen LogP contribution in [0.1, 0.15) is 39.2 Å². The van der Waals surface area contributed by atoms with Crippen molar-refractivity contribution in [1.82, 2.24) is 0 Å². The predicted molar refractivity (Wildman–Crippen MR) is 107 cm³/mol. The molecule has 0 saturated carbocycles. The molecule has 1 aromatic rings. The van der Waals surface area contributed by atoms with E-state index in [4.69, 9.17) is 20.9 Å². The van der Waals surface area contributed by atoms with E-state index in [9.17, 15) is 0 Å². The van der Waals surface area contributed by atoms with Crippen molar-refractivity contribution in [2.75, 3.05) is 18.1 Å².